The summed E-state index contributed by atoms with van der Waals surface area (Å²) in [4.78, 5) is 2.55. The average molecular weight is 299 g/mol. The van der Waals surface area contributed by atoms with Crippen molar-refractivity contribution in [3.8, 4) is 11.1 Å². The third-order valence-electron chi connectivity index (χ3n) is 4.68. The summed E-state index contributed by atoms with van der Waals surface area (Å²) in [6.07, 6.45) is 0. The van der Waals surface area contributed by atoms with Gasteiger partial charge < -0.3 is 5.32 Å². The van der Waals surface area contributed by atoms with Crippen molar-refractivity contribution in [2.75, 3.05) is 26.2 Å². The van der Waals surface area contributed by atoms with E-state index in [0.29, 0.717) is 5.41 Å². The van der Waals surface area contributed by atoms with Gasteiger partial charge in [-0.2, -0.15) is 0 Å². The zero-order chi connectivity index (χ0) is 14.3. The summed E-state index contributed by atoms with van der Waals surface area (Å²) >= 11 is 5.99. The summed E-state index contributed by atoms with van der Waals surface area (Å²) in [7, 11) is 0. The Hall–Kier alpha value is -1.35. The molecule has 0 saturated carbocycles. The minimum Gasteiger partial charge on any atom is -0.315 e. The average Bonchev–Trinajstić information content (AvgIpc) is 2.42. The van der Waals surface area contributed by atoms with E-state index in [1.165, 1.54) is 42.9 Å². The molecule has 0 aliphatic carbocycles. The van der Waals surface area contributed by atoms with E-state index in [-0.39, 0.29) is 0 Å². The molecule has 2 fully saturated rings. The maximum absolute atomic E-state index is 5.99. The molecular formula is C18H19ClN2. The summed E-state index contributed by atoms with van der Waals surface area (Å²) in [6, 6.07) is 16.8. The number of hydrogen-bond donors (Lipinski definition) is 1. The Morgan fingerprint density at radius 2 is 1.71 bits per heavy atom. The monoisotopic (exact) mass is 298 g/mol. The molecule has 0 bridgehead atoms. The third-order valence-corrected chi connectivity index (χ3v) is 4.94. The molecule has 1 spiro atoms. The van der Waals surface area contributed by atoms with E-state index in [1.54, 1.807) is 0 Å². The van der Waals surface area contributed by atoms with Crippen LogP contribution in [0.3, 0.4) is 0 Å². The van der Waals surface area contributed by atoms with Crippen LogP contribution in [-0.4, -0.2) is 31.1 Å². The Balaban J connectivity index is 1.54. The largest absolute Gasteiger partial charge is 0.315 e. The van der Waals surface area contributed by atoms with Gasteiger partial charge in [0.05, 0.1) is 0 Å². The lowest BCUT2D eigenvalue weighted by atomic mass is 9.74. The van der Waals surface area contributed by atoms with Gasteiger partial charge in [-0.3, -0.25) is 4.90 Å². The lowest BCUT2D eigenvalue weighted by molar-refractivity contribution is -0.0443. The van der Waals surface area contributed by atoms with Gasteiger partial charge in [-0.05, 0) is 28.8 Å². The number of nitrogens with zero attached hydrogens (tertiary/aromatic N) is 1. The molecule has 0 radical (unpaired) electrons. The number of nitrogens with one attached hydrogen (secondary N) is 1. The molecule has 3 heteroatoms. The second-order valence-electron chi connectivity index (χ2n) is 6.41. The van der Waals surface area contributed by atoms with E-state index in [2.05, 4.69) is 46.6 Å². The number of rotatable bonds is 3. The summed E-state index contributed by atoms with van der Waals surface area (Å²) in [5.74, 6) is 0. The van der Waals surface area contributed by atoms with Crippen LogP contribution < -0.4 is 5.32 Å². The molecule has 2 aromatic rings. The predicted octanol–water partition coefficient (Wildman–Crippen LogP) is 3.41. The molecule has 2 aliphatic rings. The van der Waals surface area contributed by atoms with E-state index < -0.39 is 0 Å². The van der Waals surface area contributed by atoms with Crippen LogP contribution in [0.25, 0.3) is 11.1 Å². The zero-order valence-electron chi connectivity index (χ0n) is 12.0. The molecule has 0 aromatic heterocycles. The second kappa shape index (κ2) is 5.13. The van der Waals surface area contributed by atoms with Crippen molar-refractivity contribution in [3.05, 3.63) is 59.1 Å². The van der Waals surface area contributed by atoms with Crippen LogP contribution in [0.5, 0.6) is 0 Å². The molecular weight excluding hydrogens is 280 g/mol. The quantitative estimate of drug-likeness (QED) is 0.934. The summed E-state index contributed by atoms with van der Waals surface area (Å²) in [5.41, 5.74) is 4.56. The first-order valence-corrected chi connectivity index (χ1v) is 7.89. The van der Waals surface area contributed by atoms with E-state index >= 15 is 0 Å². The van der Waals surface area contributed by atoms with Crippen molar-refractivity contribution in [3.63, 3.8) is 0 Å². The third kappa shape index (κ3) is 2.48. The Bertz CT molecular complexity index is 639. The summed E-state index contributed by atoms with van der Waals surface area (Å²) in [5, 5.41) is 4.18. The highest BCUT2D eigenvalue weighted by Gasteiger charge is 2.47. The molecule has 4 rings (SSSR count). The highest BCUT2D eigenvalue weighted by molar-refractivity contribution is 6.30. The maximum Gasteiger partial charge on any atom is 0.0406 e. The van der Waals surface area contributed by atoms with Crippen molar-refractivity contribution >= 4 is 11.6 Å². The van der Waals surface area contributed by atoms with E-state index in [4.69, 9.17) is 11.6 Å². The molecule has 2 aromatic carbocycles. The first kappa shape index (κ1) is 13.3. The molecule has 0 amide bonds. The minimum absolute atomic E-state index is 0.592. The molecule has 2 heterocycles. The van der Waals surface area contributed by atoms with Gasteiger partial charge in [0.1, 0.15) is 0 Å². The maximum atomic E-state index is 5.99. The Labute approximate surface area is 130 Å². The Morgan fingerprint density at radius 3 is 2.38 bits per heavy atom. The topological polar surface area (TPSA) is 15.3 Å². The number of hydrogen-bond acceptors (Lipinski definition) is 2. The number of benzene rings is 2. The fraction of sp³-hybridized carbons (Fsp3) is 0.333. The SMILES string of the molecule is Clc1ccc(-c2ccccc2CN2CC3(CNC3)C2)cc1. The first-order valence-electron chi connectivity index (χ1n) is 7.51. The van der Waals surface area contributed by atoms with Gasteiger partial charge in [-0.25, -0.2) is 0 Å². The summed E-state index contributed by atoms with van der Waals surface area (Å²) in [6.45, 7) is 5.90. The smallest absolute Gasteiger partial charge is 0.0406 e. The van der Waals surface area contributed by atoms with Crippen molar-refractivity contribution < 1.29 is 0 Å². The van der Waals surface area contributed by atoms with E-state index in [1.807, 2.05) is 12.1 Å². The van der Waals surface area contributed by atoms with Crippen molar-refractivity contribution in [1.29, 1.82) is 0 Å². The van der Waals surface area contributed by atoms with Crippen molar-refractivity contribution in [2.45, 2.75) is 6.54 Å². The van der Waals surface area contributed by atoms with Gasteiger partial charge >= 0.3 is 0 Å². The van der Waals surface area contributed by atoms with Crippen molar-refractivity contribution in [1.82, 2.24) is 10.2 Å². The molecule has 108 valence electrons. The highest BCUT2D eigenvalue weighted by Crippen LogP contribution is 2.36. The standard InChI is InChI=1S/C18H19ClN2/c19-16-7-5-14(6-8-16)17-4-2-1-3-15(17)9-21-12-18(13-21)10-20-11-18/h1-8,20H,9-13H2. The van der Waals surface area contributed by atoms with Crippen LogP contribution in [0.15, 0.2) is 48.5 Å². The minimum atomic E-state index is 0.592. The zero-order valence-corrected chi connectivity index (χ0v) is 12.7. The van der Waals surface area contributed by atoms with Gasteiger partial charge in [0.2, 0.25) is 0 Å². The van der Waals surface area contributed by atoms with Crippen LogP contribution in [0.1, 0.15) is 5.56 Å². The van der Waals surface area contributed by atoms with Crippen LogP contribution >= 0.6 is 11.6 Å². The van der Waals surface area contributed by atoms with Gasteiger partial charge in [0.15, 0.2) is 0 Å². The molecule has 2 saturated heterocycles. The molecule has 0 unspecified atom stereocenters. The van der Waals surface area contributed by atoms with E-state index in [9.17, 15) is 0 Å². The summed E-state index contributed by atoms with van der Waals surface area (Å²) < 4.78 is 0. The molecule has 21 heavy (non-hydrogen) atoms. The van der Waals surface area contributed by atoms with Gasteiger partial charge in [0.25, 0.3) is 0 Å². The molecule has 0 atom stereocenters. The van der Waals surface area contributed by atoms with E-state index in [0.717, 1.165) is 11.6 Å². The van der Waals surface area contributed by atoms with Crippen LogP contribution in [0.2, 0.25) is 5.02 Å². The van der Waals surface area contributed by atoms with Gasteiger partial charge in [0, 0.05) is 43.2 Å². The lowest BCUT2D eigenvalue weighted by Crippen LogP contribution is -2.70. The predicted molar refractivity (Wildman–Crippen MR) is 87.5 cm³/mol. The second-order valence-corrected chi connectivity index (χ2v) is 6.85. The van der Waals surface area contributed by atoms with Crippen LogP contribution in [-0.2, 0) is 6.54 Å². The van der Waals surface area contributed by atoms with Crippen LogP contribution in [0.4, 0.5) is 0 Å². The number of likely N-dealkylation sites (tertiary alicyclic amines) is 1. The fourth-order valence-electron chi connectivity index (χ4n) is 3.53. The Morgan fingerprint density at radius 1 is 1.00 bits per heavy atom. The normalized spacial score (nSPS) is 20.0. The molecule has 2 nitrogen and oxygen atoms in total. The fourth-order valence-corrected chi connectivity index (χ4v) is 3.65. The number of halogens is 1. The Kier molecular flexibility index (Phi) is 3.26. The molecule has 2 aliphatic heterocycles. The van der Waals surface area contributed by atoms with Crippen LogP contribution in [0, 0.1) is 5.41 Å². The first-order chi connectivity index (χ1) is 10.2. The lowest BCUT2D eigenvalue weighted by Gasteiger charge is -2.56. The van der Waals surface area contributed by atoms with Crippen molar-refractivity contribution in [2.24, 2.45) is 5.41 Å². The molecule has 1 N–H and O–H groups in total. The van der Waals surface area contributed by atoms with Gasteiger partial charge in [-0.15, -0.1) is 0 Å². The van der Waals surface area contributed by atoms with Gasteiger partial charge in [-0.1, -0.05) is 48.0 Å². The highest BCUT2D eigenvalue weighted by atomic mass is 35.5.